The maximum absolute atomic E-state index is 12.0. The summed E-state index contributed by atoms with van der Waals surface area (Å²) in [5.41, 5.74) is 0.883. The van der Waals surface area contributed by atoms with Crippen molar-refractivity contribution >= 4 is 5.91 Å². The van der Waals surface area contributed by atoms with Gasteiger partial charge in [-0.2, -0.15) is 15.4 Å². The van der Waals surface area contributed by atoms with Crippen molar-refractivity contribution in [1.29, 1.82) is 0 Å². The van der Waals surface area contributed by atoms with E-state index in [1.54, 1.807) is 6.20 Å². The minimum atomic E-state index is 0.149. The molecule has 2 rings (SSSR count). The molecule has 1 amide bonds. The van der Waals surface area contributed by atoms with Crippen molar-refractivity contribution in [2.75, 3.05) is 26.2 Å². The number of likely N-dealkylation sites (tertiary alicyclic amines) is 1. The number of hydrogen-bond acceptors (Lipinski definition) is 4. The Kier molecular flexibility index (Phi) is 4.69. The lowest BCUT2D eigenvalue weighted by Crippen LogP contribution is -2.43. The first-order valence-electron chi connectivity index (χ1n) is 6.64. The van der Waals surface area contributed by atoms with E-state index in [1.165, 1.54) is 0 Å². The highest BCUT2D eigenvalue weighted by atomic mass is 16.1. The highest BCUT2D eigenvalue weighted by Crippen LogP contribution is 2.16. The average molecular weight is 251 g/mol. The predicted octanol–water partition coefficient (Wildman–Crippen LogP) is 0.195. The summed E-state index contributed by atoms with van der Waals surface area (Å²) < 4.78 is 0. The summed E-state index contributed by atoms with van der Waals surface area (Å²) in [4.78, 5) is 14.3. The quantitative estimate of drug-likeness (QED) is 0.784. The van der Waals surface area contributed by atoms with Crippen LogP contribution < -0.4 is 5.32 Å². The summed E-state index contributed by atoms with van der Waals surface area (Å²) in [5.74, 6) is 0.327. The molecule has 0 radical (unpaired) electrons. The van der Waals surface area contributed by atoms with Gasteiger partial charge in [-0.1, -0.05) is 6.92 Å². The van der Waals surface area contributed by atoms with Crippen molar-refractivity contribution in [3.63, 3.8) is 0 Å². The van der Waals surface area contributed by atoms with Gasteiger partial charge >= 0.3 is 0 Å². The first kappa shape index (κ1) is 13.0. The molecule has 0 bridgehead atoms. The minimum Gasteiger partial charge on any atom is -0.355 e. The Balaban J connectivity index is 1.70. The van der Waals surface area contributed by atoms with Crippen molar-refractivity contribution in [3.8, 4) is 0 Å². The van der Waals surface area contributed by atoms with E-state index in [2.05, 4.69) is 32.6 Å². The number of rotatable bonds is 5. The van der Waals surface area contributed by atoms with Crippen LogP contribution in [0.4, 0.5) is 0 Å². The molecule has 0 saturated carbocycles. The monoisotopic (exact) mass is 251 g/mol. The summed E-state index contributed by atoms with van der Waals surface area (Å²) in [6.45, 7) is 5.83. The Bertz CT molecular complexity index is 365. The van der Waals surface area contributed by atoms with E-state index in [9.17, 15) is 4.79 Å². The molecule has 2 heterocycles. The fourth-order valence-corrected chi connectivity index (χ4v) is 2.36. The lowest BCUT2D eigenvalue weighted by atomic mass is 9.97. The van der Waals surface area contributed by atoms with Gasteiger partial charge in [0.25, 0.3) is 0 Å². The third kappa shape index (κ3) is 3.53. The smallest absolute Gasteiger partial charge is 0.224 e. The van der Waals surface area contributed by atoms with Crippen molar-refractivity contribution in [2.24, 2.45) is 5.92 Å². The van der Waals surface area contributed by atoms with Gasteiger partial charge in [-0.3, -0.25) is 4.79 Å². The number of piperidine rings is 1. The maximum Gasteiger partial charge on any atom is 0.224 e. The van der Waals surface area contributed by atoms with Crippen LogP contribution in [0.5, 0.6) is 0 Å². The number of hydrogen-bond donors (Lipinski definition) is 2. The van der Waals surface area contributed by atoms with Crippen LogP contribution in [0.15, 0.2) is 6.20 Å². The summed E-state index contributed by atoms with van der Waals surface area (Å²) >= 11 is 0. The van der Waals surface area contributed by atoms with Crippen molar-refractivity contribution < 1.29 is 4.79 Å². The van der Waals surface area contributed by atoms with Gasteiger partial charge in [0.2, 0.25) is 5.91 Å². The standard InChI is InChI=1S/C12H21N5O/c1-2-17-7-3-4-10(9-17)12(18)13-6-5-11-8-14-16-15-11/h8,10H,2-7,9H2,1H3,(H,13,18)(H,14,15,16)/t10-/m0/s1. The third-order valence-electron chi connectivity index (χ3n) is 3.47. The van der Waals surface area contributed by atoms with Crippen LogP contribution in [0.2, 0.25) is 0 Å². The fraction of sp³-hybridized carbons (Fsp3) is 0.750. The number of nitrogens with one attached hydrogen (secondary N) is 2. The van der Waals surface area contributed by atoms with Crippen molar-refractivity contribution in [3.05, 3.63) is 11.9 Å². The number of nitrogens with zero attached hydrogens (tertiary/aromatic N) is 3. The molecule has 1 fully saturated rings. The van der Waals surface area contributed by atoms with Gasteiger partial charge in [0.1, 0.15) is 0 Å². The summed E-state index contributed by atoms with van der Waals surface area (Å²) in [6, 6.07) is 0. The van der Waals surface area contributed by atoms with Crippen LogP contribution in [0.1, 0.15) is 25.5 Å². The van der Waals surface area contributed by atoms with Gasteiger partial charge < -0.3 is 10.2 Å². The lowest BCUT2D eigenvalue weighted by molar-refractivity contribution is -0.126. The number of aromatic amines is 1. The molecule has 1 aromatic heterocycles. The molecule has 1 atom stereocenters. The zero-order chi connectivity index (χ0) is 12.8. The Morgan fingerprint density at radius 1 is 1.67 bits per heavy atom. The van der Waals surface area contributed by atoms with Crippen LogP contribution in [-0.2, 0) is 11.2 Å². The second-order valence-electron chi connectivity index (χ2n) is 4.73. The van der Waals surface area contributed by atoms with Gasteiger partial charge in [-0.15, -0.1) is 0 Å². The molecule has 18 heavy (non-hydrogen) atoms. The average Bonchev–Trinajstić information content (AvgIpc) is 2.92. The van der Waals surface area contributed by atoms with E-state index < -0.39 is 0 Å². The molecule has 1 aliphatic rings. The van der Waals surface area contributed by atoms with Crippen molar-refractivity contribution in [1.82, 2.24) is 25.6 Å². The summed E-state index contributed by atoms with van der Waals surface area (Å²) in [7, 11) is 0. The van der Waals surface area contributed by atoms with Crippen LogP contribution in [0.25, 0.3) is 0 Å². The van der Waals surface area contributed by atoms with E-state index >= 15 is 0 Å². The second kappa shape index (κ2) is 6.49. The molecular weight excluding hydrogens is 230 g/mol. The minimum absolute atomic E-state index is 0.149. The first-order chi connectivity index (χ1) is 8.79. The Hall–Kier alpha value is -1.43. The predicted molar refractivity (Wildman–Crippen MR) is 67.9 cm³/mol. The molecular formula is C12H21N5O. The highest BCUT2D eigenvalue weighted by molar-refractivity contribution is 5.78. The van der Waals surface area contributed by atoms with E-state index in [0.29, 0.717) is 6.54 Å². The number of H-pyrrole nitrogens is 1. The van der Waals surface area contributed by atoms with Gasteiger partial charge in [-0.25, -0.2) is 0 Å². The lowest BCUT2D eigenvalue weighted by Gasteiger charge is -2.30. The molecule has 1 saturated heterocycles. The number of carbonyl (C=O) groups is 1. The molecule has 0 unspecified atom stereocenters. The maximum atomic E-state index is 12.0. The molecule has 6 heteroatoms. The fourth-order valence-electron chi connectivity index (χ4n) is 2.36. The Morgan fingerprint density at radius 3 is 3.28 bits per heavy atom. The molecule has 1 aliphatic heterocycles. The van der Waals surface area contributed by atoms with Gasteiger partial charge in [-0.05, 0) is 25.9 Å². The Morgan fingerprint density at radius 2 is 2.56 bits per heavy atom. The molecule has 0 spiro atoms. The van der Waals surface area contributed by atoms with Crippen LogP contribution in [0, 0.1) is 5.92 Å². The molecule has 1 aromatic rings. The number of amides is 1. The molecule has 2 N–H and O–H groups in total. The molecule has 6 nitrogen and oxygen atoms in total. The van der Waals surface area contributed by atoms with Gasteiger partial charge in [0.05, 0.1) is 17.8 Å². The van der Waals surface area contributed by atoms with E-state index in [4.69, 9.17) is 0 Å². The summed E-state index contributed by atoms with van der Waals surface area (Å²) in [5, 5.41) is 13.2. The first-order valence-corrected chi connectivity index (χ1v) is 6.64. The zero-order valence-corrected chi connectivity index (χ0v) is 10.9. The SMILES string of the molecule is CCN1CCC[C@H](C(=O)NCCc2cn[nH]n2)C1. The van der Waals surface area contributed by atoms with E-state index in [-0.39, 0.29) is 11.8 Å². The molecule has 100 valence electrons. The number of carbonyl (C=O) groups excluding carboxylic acids is 1. The normalized spacial score (nSPS) is 20.8. The Labute approximate surface area is 107 Å². The van der Waals surface area contributed by atoms with E-state index in [0.717, 1.165) is 44.6 Å². The van der Waals surface area contributed by atoms with Crippen LogP contribution in [-0.4, -0.2) is 52.4 Å². The number of aromatic nitrogens is 3. The third-order valence-corrected chi connectivity index (χ3v) is 3.47. The van der Waals surface area contributed by atoms with Crippen LogP contribution >= 0.6 is 0 Å². The van der Waals surface area contributed by atoms with Crippen molar-refractivity contribution in [2.45, 2.75) is 26.2 Å². The zero-order valence-electron chi connectivity index (χ0n) is 10.9. The second-order valence-corrected chi connectivity index (χ2v) is 4.73. The largest absolute Gasteiger partial charge is 0.355 e. The highest BCUT2D eigenvalue weighted by Gasteiger charge is 2.24. The van der Waals surface area contributed by atoms with Gasteiger partial charge in [0.15, 0.2) is 0 Å². The molecule has 0 aliphatic carbocycles. The summed E-state index contributed by atoms with van der Waals surface area (Å²) in [6.07, 6.45) is 4.54. The van der Waals surface area contributed by atoms with Crippen LogP contribution in [0.3, 0.4) is 0 Å². The van der Waals surface area contributed by atoms with Gasteiger partial charge in [0, 0.05) is 19.5 Å². The molecule has 0 aromatic carbocycles. The topological polar surface area (TPSA) is 73.9 Å². The van der Waals surface area contributed by atoms with E-state index in [1.807, 2.05) is 0 Å².